The smallest absolute Gasteiger partial charge is 0.258 e. The fourth-order valence-corrected chi connectivity index (χ4v) is 5.28. The summed E-state index contributed by atoms with van der Waals surface area (Å²) in [5.74, 6) is 0.477. The van der Waals surface area contributed by atoms with Gasteiger partial charge in [0.1, 0.15) is 0 Å². The van der Waals surface area contributed by atoms with Gasteiger partial charge in [0.15, 0.2) is 0 Å². The van der Waals surface area contributed by atoms with Gasteiger partial charge < -0.3 is 0 Å². The van der Waals surface area contributed by atoms with Gasteiger partial charge in [0.25, 0.3) is 0 Å². The second-order valence-electron chi connectivity index (χ2n) is 8.27. The van der Waals surface area contributed by atoms with Gasteiger partial charge in [-0.2, -0.15) is 8.78 Å². The van der Waals surface area contributed by atoms with Crippen LogP contribution in [0.1, 0.15) is 82.6 Å². The van der Waals surface area contributed by atoms with E-state index in [1.807, 2.05) is 0 Å². The van der Waals surface area contributed by atoms with Gasteiger partial charge in [-0.15, -0.1) is 0 Å². The quantitative estimate of drug-likeness (QED) is 0.428. The summed E-state index contributed by atoms with van der Waals surface area (Å²) in [6.45, 7) is 2.26. The second kappa shape index (κ2) is 8.45. The van der Waals surface area contributed by atoms with Crippen LogP contribution in [0.3, 0.4) is 0 Å². The summed E-state index contributed by atoms with van der Waals surface area (Å²) < 4.78 is 27.8. The zero-order valence-corrected chi connectivity index (χ0v) is 15.6. The molecule has 3 rings (SSSR count). The van der Waals surface area contributed by atoms with Gasteiger partial charge in [-0.05, 0) is 79.9 Å². The summed E-state index contributed by atoms with van der Waals surface area (Å²) in [4.78, 5) is 9.75. The Labute approximate surface area is 154 Å². The number of nitro groups is 1. The van der Waals surface area contributed by atoms with Gasteiger partial charge in [-0.25, -0.2) is 0 Å². The molecule has 1 aromatic carbocycles. The lowest BCUT2D eigenvalue weighted by Crippen LogP contribution is -2.25. The van der Waals surface area contributed by atoms with Crippen molar-refractivity contribution in [2.75, 3.05) is 0 Å². The highest BCUT2D eigenvalue weighted by Crippen LogP contribution is 2.45. The molecule has 0 saturated heterocycles. The molecule has 26 heavy (non-hydrogen) atoms. The highest BCUT2D eigenvalue weighted by atomic mass is 19.1. The fraction of sp³-hybridized carbons (Fsp3) is 0.714. The Balaban J connectivity index is 1.57. The third-order valence-corrected chi connectivity index (χ3v) is 6.72. The zero-order chi connectivity index (χ0) is 18.7. The summed E-state index contributed by atoms with van der Waals surface area (Å²) in [5, 5.41) is 10.7. The molecule has 0 aromatic heterocycles. The van der Waals surface area contributed by atoms with Crippen molar-refractivity contribution in [2.45, 2.75) is 77.0 Å². The van der Waals surface area contributed by atoms with Crippen LogP contribution in [0.25, 0.3) is 0 Å². The molecule has 0 atom stereocenters. The molecule has 0 heterocycles. The molecule has 2 aliphatic carbocycles. The van der Waals surface area contributed by atoms with Gasteiger partial charge >= 0.3 is 5.69 Å². The molecule has 2 saturated carbocycles. The zero-order valence-electron chi connectivity index (χ0n) is 15.6. The van der Waals surface area contributed by atoms with E-state index in [9.17, 15) is 18.9 Å². The fourth-order valence-electron chi connectivity index (χ4n) is 5.28. The minimum Gasteiger partial charge on any atom is -0.258 e. The van der Waals surface area contributed by atoms with E-state index in [0.29, 0.717) is 5.56 Å². The summed E-state index contributed by atoms with van der Waals surface area (Å²) >= 11 is 0. The Morgan fingerprint density at radius 1 is 0.962 bits per heavy atom. The van der Waals surface area contributed by atoms with E-state index in [4.69, 9.17) is 0 Å². The van der Waals surface area contributed by atoms with E-state index >= 15 is 0 Å². The Kier molecular flexibility index (Phi) is 6.25. The Bertz CT molecular complexity index is 610. The average Bonchev–Trinajstić information content (AvgIpc) is 2.62. The van der Waals surface area contributed by atoms with Crippen LogP contribution in [0.15, 0.2) is 12.1 Å². The van der Waals surface area contributed by atoms with Crippen LogP contribution in [0.5, 0.6) is 0 Å². The molecule has 0 N–H and O–H groups in total. The van der Waals surface area contributed by atoms with Crippen LogP contribution in [0, 0.1) is 39.5 Å². The van der Waals surface area contributed by atoms with Crippen molar-refractivity contribution in [3.05, 3.63) is 39.4 Å². The van der Waals surface area contributed by atoms with Crippen LogP contribution >= 0.6 is 0 Å². The maximum atomic E-state index is 13.9. The highest BCUT2D eigenvalue weighted by Gasteiger charge is 2.32. The number of halogens is 2. The van der Waals surface area contributed by atoms with Crippen molar-refractivity contribution in [3.63, 3.8) is 0 Å². The number of benzene rings is 1. The first kappa shape index (κ1) is 19.2. The van der Waals surface area contributed by atoms with Crippen LogP contribution in [0.2, 0.25) is 0 Å². The molecule has 0 bridgehead atoms. The number of hydrogen-bond donors (Lipinski definition) is 0. The maximum absolute atomic E-state index is 13.9. The van der Waals surface area contributed by atoms with E-state index in [1.165, 1.54) is 50.7 Å². The Morgan fingerprint density at radius 2 is 1.46 bits per heavy atom. The molecule has 0 aliphatic heterocycles. The predicted molar refractivity (Wildman–Crippen MR) is 98.1 cm³/mol. The third-order valence-electron chi connectivity index (χ3n) is 6.72. The van der Waals surface area contributed by atoms with Gasteiger partial charge in [-0.3, -0.25) is 10.1 Å². The van der Waals surface area contributed by atoms with Crippen molar-refractivity contribution < 1.29 is 13.7 Å². The topological polar surface area (TPSA) is 43.1 Å². The highest BCUT2D eigenvalue weighted by molar-refractivity contribution is 5.38. The van der Waals surface area contributed by atoms with Crippen LogP contribution in [-0.2, 0) is 0 Å². The molecular weight excluding hydrogens is 336 g/mol. The second-order valence-corrected chi connectivity index (χ2v) is 8.27. The number of rotatable bonds is 5. The predicted octanol–water partition coefficient (Wildman–Crippen LogP) is 6.75. The summed E-state index contributed by atoms with van der Waals surface area (Å²) in [5.41, 5.74) is -0.457. The Morgan fingerprint density at radius 3 is 1.92 bits per heavy atom. The molecular formula is C21H29F2NO2. The first-order valence-electron chi connectivity index (χ1n) is 10.1. The molecule has 2 aliphatic rings. The van der Waals surface area contributed by atoms with E-state index in [2.05, 4.69) is 6.92 Å². The lowest BCUT2D eigenvalue weighted by Gasteiger charge is -2.38. The number of nitrogens with zero attached hydrogens (tertiary/aromatic N) is 1. The first-order valence-corrected chi connectivity index (χ1v) is 10.1. The number of hydrogen-bond acceptors (Lipinski definition) is 2. The molecule has 144 valence electrons. The largest absolute Gasteiger partial charge is 0.340 e. The van der Waals surface area contributed by atoms with E-state index in [0.717, 1.165) is 43.4 Å². The van der Waals surface area contributed by atoms with Gasteiger partial charge in [0.05, 0.1) is 4.92 Å². The monoisotopic (exact) mass is 365 g/mol. The summed E-state index contributed by atoms with van der Waals surface area (Å²) in [6, 6.07) is 2.34. The molecule has 0 spiro atoms. The number of nitro benzene ring substituents is 1. The van der Waals surface area contributed by atoms with Gasteiger partial charge in [0, 0.05) is 0 Å². The molecule has 0 amide bonds. The van der Waals surface area contributed by atoms with Crippen LogP contribution in [-0.4, -0.2) is 4.92 Å². The van der Waals surface area contributed by atoms with Gasteiger partial charge in [0.2, 0.25) is 11.6 Å². The van der Waals surface area contributed by atoms with Gasteiger partial charge in [-0.1, -0.05) is 32.6 Å². The first-order chi connectivity index (χ1) is 12.5. The molecule has 3 nitrogen and oxygen atoms in total. The van der Waals surface area contributed by atoms with Crippen LogP contribution < -0.4 is 0 Å². The van der Waals surface area contributed by atoms with Crippen molar-refractivity contribution in [2.24, 2.45) is 17.8 Å². The van der Waals surface area contributed by atoms with Crippen molar-refractivity contribution >= 4 is 5.69 Å². The molecule has 0 radical (unpaired) electrons. The van der Waals surface area contributed by atoms with Crippen molar-refractivity contribution in [3.8, 4) is 0 Å². The van der Waals surface area contributed by atoms with E-state index in [1.54, 1.807) is 0 Å². The van der Waals surface area contributed by atoms with E-state index in [-0.39, 0.29) is 5.92 Å². The lowest BCUT2D eigenvalue weighted by atomic mass is 9.68. The normalized spacial score (nSPS) is 29.5. The third kappa shape index (κ3) is 4.24. The van der Waals surface area contributed by atoms with E-state index < -0.39 is 22.2 Å². The summed E-state index contributed by atoms with van der Waals surface area (Å²) in [7, 11) is 0. The van der Waals surface area contributed by atoms with Crippen molar-refractivity contribution in [1.29, 1.82) is 0 Å². The molecule has 0 unspecified atom stereocenters. The van der Waals surface area contributed by atoms with Crippen LogP contribution in [0.4, 0.5) is 14.5 Å². The maximum Gasteiger partial charge on any atom is 0.340 e. The molecule has 5 heteroatoms. The van der Waals surface area contributed by atoms with Crippen molar-refractivity contribution in [1.82, 2.24) is 0 Å². The Hall–Kier alpha value is -1.52. The standard InChI is InChI=1S/C21H29F2NO2/c1-2-3-14-4-6-15(7-5-14)16-8-10-17(11-9-16)18-12-19(22)21(24(25)26)20(23)13-18/h12-17H,2-11H2,1H3. The average molecular weight is 365 g/mol. The summed E-state index contributed by atoms with van der Waals surface area (Å²) in [6.07, 6.45) is 12.1. The lowest BCUT2D eigenvalue weighted by molar-refractivity contribution is -0.390. The molecule has 2 fully saturated rings. The minimum atomic E-state index is -1.05. The molecule has 1 aromatic rings. The minimum absolute atomic E-state index is 0.118. The SMILES string of the molecule is CCCC1CCC(C2CCC(c3cc(F)c([N+](=O)[O-])c(F)c3)CC2)CC1.